The number of halogens is 1. The van der Waals surface area contributed by atoms with Gasteiger partial charge in [-0.2, -0.15) is 0 Å². The number of alkyl halides is 1. The minimum Gasteiger partial charge on any atom is -0.300 e. The van der Waals surface area contributed by atoms with Crippen molar-refractivity contribution in [2.24, 2.45) is 0 Å². The molecule has 0 aliphatic carbocycles. The summed E-state index contributed by atoms with van der Waals surface area (Å²) in [5.41, 5.74) is 0. The molecular formula is C8H16FN. The van der Waals surface area contributed by atoms with Crippen LogP contribution >= 0.6 is 0 Å². The third-order valence-corrected chi connectivity index (χ3v) is 2.04. The van der Waals surface area contributed by atoms with Gasteiger partial charge in [0.05, 0.1) is 0 Å². The van der Waals surface area contributed by atoms with Gasteiger partial charge in [-0.1, -0.05) is 13.3 Å². The summed E-state index contributed by atoms with van der Waals surface area (Å²) in [6, 6.07) is 0. The number of unbranched alkanes of at least 4 members (excludes halogenated alkanes) is 1. The zero-order valence-electron chi connectivity index (χ0n) is 6.65. The van der Waals surface area contributed by atoms with Crippen LogP contribution in [-0.4, -0.2) is 30.7 Å². The van der Waals surface area contributed by atoms with Gasteiger partial charge in [0.25, 0.3) is 0 Å². The summed E-state index contributed by atoms with van der Waals surface area (Å²) in [7, 11) is 0. The average Bonchev–Trinajstić information content (AvgIpc) is 2.31. The quantitative estimate of drug-likeness (QED) is 0.585. The summed E-state index contributed by atoms with van der Waals surface area (Å²) < 4.78 is 12.6. The highest BCUT2D eigenvalue weighted by molar-refractivity contribution is 4.73. The van der Waals surface area contributed by atoms with Crippen LogP contribution < -0.4 is 0 Å². The Bertz CT molecular complexity index is 95.3. The highest BCUT2D eigenvalue weighted by Crippen LogP contribution is 2.12. The molecule has 1 saturated heterocycles. The normalized spacial score (nSPS) is 27.6. The van der Waals surface area contributed by atoms with Crippen molar-refractivity contribution in [3.8, 4) is 0 Å². The summed E-state index contributed by atoms with van der Waals surface area (Å²) in [6.45, 7) is 4.92. The van der Waals surface area contributed by atoms with Crippen LogP contribution in [0.3, 0.4) is 0 Å². The molecule has 0 bridgehead atoms. The number of hydrogen-bond acceptors (Lipinski definition) is 1. The Hall–Kier alpha value is -0.110. The summed E-state index contributed by atoms with van der Waals surface area (Å²) in [6.07, 6.45) is 2.64. The fraction of sp³-hybridized carbons (Fsp3) is 1.00. The fourth-order valence-corrected chi connectivity index (χ4v) is 1.37. The molecule has 0 amide bonds. The van der Waals surface area contributed by atoms with Crippen LogP contribution in [0.2, 0.25) is 0 Å². The van der Waals surface area contributed by atoms with Crippen LogP contribution in [0.15, 0.2) is 0 Å². The van der Waals surface area contributed by atoms with Crippen molar-refractivity contribution in [2.75, 3.05) is 19.6 Å². The third-order valence-electron chi connectivity index (χ3n) is 2.04. The van der Waals surface area contributed by atoms with Gasteiger partial charge < -0.3 is 4.90 Å². The zero-order chi connectivity index (χ0) is 7.40. The van der Waals surface area contributed by atoms with Gasteiger partial charge in [0.15, 0.2) is 0 Å². The minimum atomic E-state index is -0.545. The van der Waals surface area contributed by atoms with E-state index in [0.717, 1.165) is 19.5 Å². The van der Waals surface area contributed by atoms with Gasteiger partial charge in [-0.15, -0.1) is 0 Å². The molecule has 0 radical (unpaired) electrons. The number of rotatable bonds is 3. The van der Waals surface area contributed by atoms with Crippen LogP contribution in [0, 0.1) is 0 Å². The van der Waals surface area contributed by atoms with E-state index in [2.05, 4.69) is 11.8 Å². The second kappa shape index (κ2) is 3.91. The van der Waals surface area contributed by atoms with Gasteiger partial charge >= 0.3 is 0 Å². The van der Waals surface area contributed by atoms with Crippen molar-refractivity contribution < 1.29 is 4.39 Å². The zero-order valence-corrected chi connectivity index (χ0v) is 6.65. The maximum Gasteiger partial charge on any atom is 0.114 e. The van der Waals surface area contributed by atoms with Crippen LogP contribution in [0.4, 0.5) is 4.39 Å². The lowest BCUT2D eigenvalue weighted by Gasteiger charge is -2.12. The van der Waals surface area contributed by atoms with E-state index in [9.17, 15) is 4.39 Å². The molecule has 1 aliphatic rings. The van der Waals surface area contributed by atoms with Crippen molar-refractivity contribution in [1.82, 2.24) is 4.90 Å². The maximum absolute atomic E-state index is 12.6. The van der Waals surface area contributed by atoms with Crippen molar-refractivity contribution in [2.45, 2.75) is 32.4 Å². The number of nitrogens with zero attached hydrogens (tertiary/aromatic N) is 1. The SMILES string of the molecule is CCCCN1CC[C@H](F)C1. The Labute approximate surface area is 62.2 Å². The van der Waals surface area contributed by atoms with Gasteiger partial charge in [0.2, 0.25) is 0 Å². The first-order chi connectivity index (χ1) is 4.83. The van der Waals surface area contributed by atoms with Crippen LogP contribution in [-0.2, 0) is 0 Å². The molecule has 60 valence electrons. The molecule has 1 aliphatic heterocycles. The van der Waals surface area contributed by atoms with Crippen LogP contribution in [0.1, 0.15) is 26.2 Å². The van der Waals surface area contributed by atoms with Crippen molar-refractivity contribution in [1.29, 1.82) is 0 Å². The monoisotopic (exact) mass is 145 g/mol. The Balaban J connectivity index is 2.06. The smallest absolute Gasteiger partial charge is 0.114 e. The molecule has 0 unspecified atom stereocenters. The molecule has 0 N–H and O–H groups in total. The lowest BCUT2D eigenvalue weighted by Crippen LogP contribution is -2.21. The molecule has 0 spiro atoms. The van der Waals surface area contributed by atoms with Gasteiger partial charge in [-0.3, -0.25) is 0 Å². The minimum absolute atomic E-state index is 0.545. The van der Waals surface area contributed by atoms with Crippen LogP contribution in [0.5, 0.6) is 0 Å². The first-order valence-corrected chi connectivity index (χ1v) is 4.19. The first kappa shape index (κ1) is 7.99. The topological polar surface area (TPSA) is 3.24 Å². The number of hydrogen-bond donors (Lipinski definition) is 0. The molecule has 0 aromatic rings. The van der Waals surface area contributed by atoms with Crippen molar-refractivity contribution in [3.63, 3.8) is 0 Å². The van der Waals surface area contributed by atoms with Gasteiger partial charge in [-0.25, -0.2) is 4.39 Å². The molecule has 1 atom stereocenters. The standard InChI is InChI=1S/C8H16FN/c1-2-3-5-10-6-4-8(9)7-10/h8H,2-7H2,1H3/t8-/m0/s1. The van der Waals surface area contributed by atoms with E-state index >= 15 is 0 Å². The van der Waals surface area contributed by atoms with Crippen molar-refractivity contribution >= 4 is 0 Å². The molecule has 1 heterocycles. The summed E-state index contributed by atoms with van der Waals surface area (Å²) in [5.74, 6) is 0. The molecule has 1 nitrogen and oxygen atoms in total. The Morgan fingerprint density at radius 3 is 2.90 bits per heavy atom. The van der Waals surface area contributed by atoms with Gasteiger partial charge in [0.1, 0.15) is 6.17 Å². The molecule has 1 fully saturated rings. The summed E-state index contributed by atoms with van der Waals surface area (Å²) in [5, 5.41) is 0. The van der Waals surface area contributed by atoms with E-state index in [-0.39, 0.29) is 0 Å². The summed E-state index contributed by atoms with van der Waals surface area (Å²) >= 11 is 0. The molecule has 0 saturated carbocycles. The largest absolute Gasteiger partial charge is 0.300 e. The maximum atomic E-state index is 12.6. The van der Waals surface area contributed by atoms with E-state index in [1.54, 1.807) is 0 Å². The molecule has 0 aromatic carbocycles. The Kier molecular flexibility index (Phi) is 3.13. The summed E-state index contributed by atoms with van der Waals surface area (Å²) in [4.78, 5) is 2.22. The van der Waals surface area contributed by atoms with E-state index in [1.165, 1.54) is 12.8 Å². The van der Waals surface area contributed by atoms with Crippen molar-refractivity contribution in [3.05, 3.63) is 0 Å². The predicted octanol–water partition coefficient (Wildman–Crippen LogP) is 1.83. The predicted molar refractivity (Wildman–Crippen MR) is 40.9 cm³/mol. The highest BCUT2D eigenvalue weighted by atomic mass is 19.1. The third kappa shape index (κ3) is 2.25. The number of likely N-dealkylation sites (tertiary alicyclic amines) is 1. The first-order valence-electron chi connectivity index (χ1n) is 4.19. The second-order valence-corrected chi connectivity index (χ2v) is 3.04. The van der Waals surface area contributed by atoms with E-state index in [0.29, 0.717) is 6.54 Å². The second-order valence-electron chi connectivity index (χ2n) is 3.04. The fourth-order valence-electron chi connectivity index (χ4n) is 1.37. The molecule has 0 aromatic heterocycles. The average molecular weight is 145 g/mol. The van der Waals surface area contributed by atoms with E-state index < -0.39 is 6.17 Å². The molecular weight excluding hydrogens is 129 g/mol. The highest BCUT2D eigenvalue weighted by Gasteiger charge is 2.20. The molecule has 2 heteroatoms. The Morgan fingerprint density at radius 1 is 1.60 bits per heavy atom. The van der Waals surface area contributed by atoms with Crippen LogP contribution in [0.25, 0.3) is 0 Å². The van der Waals surface area contributed by atoms with E-state index in [1.807, 2.05) is 0 Å². The lowest BCUT2D eigenvalue weighted by atomic mass is 10.3. The van der Waals surface area contributed by atoms with E-state index in [4.69, 9.17) is 0 Å². The Morgan fingerprint density at radius 2 is 2.40 bits per heavy atom. The van der Waals surface area contributed by atoms with Gasteiger partial charge in [-0.05, 0) is 19.4 Å². The molecule has 1 rings (SSSR count). The van der Waals surface area contributed by atoms with Gasteiger partial charge in [0, 0.05) is 13.1 Å². The lowest BCUT2D eigenvalue weighted by molar-refractivity contribution is 0.285. The molecule has 10 heavy (non-hydrogen) atoms.